The zero-order valence-electron chi connectivity index (χ0n) is 8.75. The van der Waals surface area contributed by atoms with Crippen molar-refractivity contribution < 1.29 is 4.79 Å². The zero-order chi connectivity index (χ0) is 9.76. The maximum absolute atomic E-state index is 12.2. The van der Waals surface area contributed by atoms with E-state index < -0.39 is 0 Å². The second kappa shape index (κ2) is 2.72. The number of hydrogen-bond donors (Lipinski definition) is 1. The summed E-state index contributed by atoms with van der Waals surface area (Å²) in [6.07, 6.45) is 7.41. The van der Waals surface area contributed by atoms with Gasteiger partial charge in [-0.15, -0.1) is 0 Å². The number of carbonyl (C=O) groups is 1. The van der Waals surface area contributed by atoms with Gasteiger partial charge >= 0.3 is 0 Å². The fourth-order valence-corrected chi connectivity index (χ4v) is 3.10. The van der Waals surface area contributed by atoms with Crippen molar-refractivity contribution >= 4 is 5.91 Å². The fourth-order valence-electron chi connectivity index (χ4n) is 3.10. The normalized spacial score (nSPS) is 35.9. The van der Waals surface area contributed by atoms with Gasteiger partial charge in [0.1, 0.15) is 0 Å². The minimum absolute atomic E-state index is 0.109. The van der Waals surface area contributed by atoms with Gasteiger partial charge in [0.25, 0.3) is 0 Å². The lowest BCUT2D eigenvalue weighted by molar-refractivity contribution is -0.132. The molecule has 1 unspecified atom stereocenters. The predicted molar refractivity (Wildman–Crippen MR) is 53.7 cm³/mol. The third-order valence-electron chi connectivity index (χ3n) is 4.01. The van der Waals surface area contributed by atoms with Gasteiger partial charge in [-0.05, 0) is 32.6 Å². The summed E-state index contributed by atoms with van der Waals surface area (Å²) in [6.45, 7) is 2.13. The third-order valence-corrected chi connectivity index (χ3v) is 4.01. The van der Waals surface area contributed by atoms with Crippen molar-refractivity contribution in [3.05, 3.63) is 0 Å². The van der Waals surface area contributed by atoms with Crippen LogP contribution >= 0.6 is 0 Å². The lowest BCUT2D eigenvalue weighted by Crippen LogP contribution is -2.41. The molecule has 1 N–H and O–H groups in total. The van der Waals surface area contributed by atoms with Crippen LogP contribution < -0.4 is 5.32 Å². The van der Waals surface area contributed by atoms with Gasteiger partial charge in [-0.25, -0.2) is 0 Å². The van der Waals surface area contributed by atoms with Crippen LogP contribution in [0.2, 0.25) is 0 Å². The number of carbonyl (C=O) groups excluding carboxylic acids is 1. The largest absolute Gasteiger partial charge is 0.323 e. The van der Waals surface area contributed by atoms with Crippen LogP contribution in [-0.2, 0) is 4.79 Å². The van der Waals surface area contributed by atoms with E-state index in [0.29, 0.717) is 11.9 Å². The van der Waals surface area contributed by atoms with Crippen LogP contribution in [0.15, 0.2) is 0 Å². The molecule has 1 aliphatic heterocycles. The molecule has 78 valence electrons. The standard InChI is InChI=1S/C11H18N2O/c1-8-12-11(6-7-11)10(14)13(8)9-4-2-3-5-9/h8-9,12H,2-7H2,1H3. The molecule has 1 atom stereocenters. The molecule has 14 heavy (non-hydrogen) atoms. The van der Waals surface area contributed by atoms with E-state index in [1.165, 1.54) is 25.7 Å². The second-order valence-electron chi connectivity index (χ2n) is 5.05. The summed E-state index contributed by atoms with van der Waals surface area (Å²) in [5.74, 6) is 0.386. The zero-order valence-corrected chi connectivity index (χ0v) is 8.75. The molecule has 3 fully saturated rings. The molecule has 3 aliphatic rings. The van der Waals surface area contributed by atoms with Crippen molar-refractivity contribution in [2.24, 2.45) is 0 Å². The van der Waals surface area contributed by atoms with E-state index in [-0.39, 0.29) is 11.7 Å². The highest BCUT2D eigenvalue weighted by atomic mass is 16.2. The van der Waals surface area contributed by atoms with E-state index in [0.717, 1.165) is 12.8 Å². The Labute approximate surface area is 84.8 Å². The Balaban J connectivity index is 1.81. The number of nitrogens with zero attached hydrogens (tertiary/aromatic N) is 1. The Morgan fingerprint density at radius 1 is 1.36 bits per heavy atom. The van der Waals surface area contributed by atoms with Crippen molar-refractivity contribution in [1.82, 2.24) is 10.2 Å². The summed E-state index contributed by atoms with van der Waals surface area (Å²) in [4.78, 5) is 14.3. The van der Waals surface area contributed by atoms with Crippen molar-refractivity contribution in [1.29, 1.82) is 0 Å². The summed E-state index contributed by atoms with van der Waals surface area (Å²) in [6, 6.07) is 0.532. The topological polar surface area (TPSA) is 32.3 Å². The lowest BCUT2D eigenvalue weighted by atomic mass is 10.2. The molecule has 2 aliphatic carbocycles. The van der Waals surface area contributed by atoms with Gasteiger partial charge in [-0.3, -0.25) is 10.1 Å². The van der Waals surface area contributed by atoms with Crippen LogP contribution in [0.1, 0.15) is 45.4 Å². The van der Waals surface area contributed by atoms with Gasteiger partial charge in [-0.1, -0.05) is 12.8 Å². The van der Waals surface area contributed by atoms with E-state index in [4.69, 9.17) is 0 Å². The monoisotopic (exact) mass is 194 g/mol. The molecule has 3 nitrogen and oxygen atoms in total. The van der Waals surface area contributed by atoms with Crippen molar-refractivity contribution in [3.8, 4) is 0 Å². The molecular weight excluding hydrogens is 176 g/mol. The minimum Gasteiger partial charge on any atom is -0.323 e. The summed E-state index contributed by atoms with van der Waals surface area (Å²) < 4.78 is 0. The van der Waals surface area contributed by atoms with Crippen LogP contribution in [0.3, 0.4) is 0 Å². The van der Waals surface area contributed by atoms with Crippen LogP contribution in [-0.4, -0.2) is 28.6 Å². The van der Waals surface area contributed by atoms with E-state index in [9.17, 15) is 4.79 Å². The summed E-state index contributed by atoms with van der Waals surface area (Å²) >= 11 is 0. The molecule has 0 aromatic heterocycles. The molecule has 1 heterocycles. The maximum atomic E-state index is 12.2. The number of hydrogen-bond acceptors (Lipinski definition) is 2. The smallest absolute Gasteiger partial charge is 0.244 e. The summed E-state index contributed by atoms with van der Waals surface area (Å²) in [7, 11) is 0. The van der Waals surface area contributed by atoms with E-state index >= 15 is 0 Å². The van der Waals surface area contributed by atoms with Gasteiger partial charge in [-0.2, -0.15) is 0 Å². The Morgan fingerprint density at radius 2 is 2.00 bits per heavy atom. The first-order chi connectivity index (χ1) is 6.73. The first kappa shape index (κ1) is 8.72. The Kier molecular flexibility index (Phi) is 1.69. The van der Waals surface area contributed by atoms with Gasteiger partial charge in [0.05, 0.1) is 11.7 Å². The summed E-state index contributed by atoms with van der Waals surface area (Å²) in [5, 5.41) is 3.46. The number of nitrogens with one attached hydrogen (secondary N) is 1. The molecule has 1 amide bonds. The molecule has 0 aromatic rings. The number of rotatable bonds is 1. The predicted octanol–water partition coefficient (Wildman–Crippen LogP) is 1.24. The molecule has 3 heteroatoms. The maximum Gasteiger partial charge on any atom is 0.244 e. The average molecular weight is 194 g/mol. The van der Waals surface area contributed by atoms with Gasteiger partial charge < -0.3 is 4.90 Å². The van der Waals surface area contributed by atoms with Gasteiger partial charge in [0.15, 0.2) is 0 Å². The highest BCUT2D eigenvalue weighted by molar-refractivity contribution is 5.92. The van der Waals surface area contributed by atoms with Gasteiger partial charge in [0.2, 0.25) is 5.91 Å². The van der Waals surface area contributed by atoms with Crippen molar-refractivity contribution in [2.75, 3.05) is 0 Å². The SMILES string of the molecule is CC1NC2(CC2)C(=O)N1C1CCCC1. The highest BCUT2D eigenvalue weighted by Crippen LogP contribution is 2.44. The van der Waals surface area contributed by atoms with Crippen LogP contribution in [0, 0.1) is 0 Å². The van der Waals surface area contributed by atoms with Crippen LogP contribution in [0.4, 0.5) is 0 Å². The first-order valence-corrected chi connectivity index (χ1v) is 5.83. The van der Waals surface area contributed by atoms with Gasteiger partial charge in [0, 0.05) is 6.04 Å². The van der Waals surface area contributed by atoms with Crippen LogP contribution in [0.5, 0.6) is 0 Å². The molecule has 1 saturated heterocycles. The Hall–Kier alpha value is -0.570. The molecule has 0 radical (unpaired) electrons. The average Bonchev–Trinajstić information content (AvgIpc) is 2.65. The molecule has 0 bridgehead atoms. The van der Waals surface area contributed by atoms with E-state index in [1.807, 2.05) is 0 Å². The second-order valence-corrected chi connectivity index (χ2v) is 5.05. The Morgan fingerprint density at radius 3 is 2.50 bits per heavy atom. The first-order valence-electron chi connectivity index (χ1n) is 5.83. The third kappa shape index (κ3) is 1.05. The van der Waals surface area contributed by atoms with E-state index in [2.05, 4.69) is 17.1 Å². The van der Waals surface area contributed by atoms with Crippen molar-refractivity contribution in [2.45, 2.75) is 63.2 Å². The fraction of sp³-hybridized carbons (Fsp3) is 0.909. The quantitative estimate of drug-likeness (QED) is 0.681. The molecular formula is C11H18N2O. The van der Waals surface area contributed by atoms with Crippen molar-refractivity contribution in [3.63, 3.8) is 0 Å². The van der Waals surface area contributed by atoms with E-state index in [1.54, 1.807) is 0 Å². The molecule has 1 spiro atoms. The minimum atomic E-state index is -0.109. The molecule has 3 rings (SSSR count). The Bertz CT molecular complexity index is 266. The molecule has 0 aromatic carbocycles. The van der Waals surface area contributed by atoms with Crippen LogP contribution in [0.25, 0.3) is 0 Å². The number of amides is 1. The lowest BCUT2D eigenvalue weighted by Gasteiger charge is -2.27. The summed E-state index contributed by atoms with van der Waals surface area (Å²) in [5.41, 5.74) is -0.109. The highest BCUT2D eigenvalue weighted by Gasteiger charge is 2.59. The molecule has 2 saturated carbocycles.